The predicted octanol–water partition coefficient (Wildman–Crippen LogP) is 2.32. The number of carbonyl (C=O) groups excluding carboxylic acids is 1. The molecule has 1 N–H and O–H groups in total. The van der Waals surface area contributed by atoms with Crippen LogP contribution in [-0.2, 0) is 9.47 Å². The molecule has 3 atom stereocenters. The van der Waals surface area contributed by atoms with Gasteiger partial charge in [-0.3, -0.25) is 0 Å². The van der Waals surface area contributed by atoms with Gasteiger partial charge in [-0.05, 0) is 40.0 Å². The highest BCUT2D eigenvalue weighted by atomic mass is 16.6. The fourth-order valence-corrected chi connectivity index (χ4v) is 1.89. The smallest absolute Gasteiger partial charge is 0.407 e. The van der Waals surface area contributed by atoms with E-state index in [0.717, 1.165) is 13.0 Å². The number of alkyl carbamates (subject to hydrolysis) is 1. The molecule has 16 heavy (non-hydrogen) atoms. The normalized spacial score (nSPS) is 30.9. The molecule has 4 nitrogen and oxygen atoms in total. The van der Waals surface area contributed by atoms with Gasteiger partial charge in [0, 0.05) is 6.61 Å². The molecule has 0 aromatic carbocycles. The number of nitrogens with one attached hydrogen (secondary N) is 1. The van der Waals surface area contributed by atoms with E-state index in [1.807, 2.05) is 27.7 Å². The van der Waals surface area contributed by atoms with Crippen LogP contribution in [0.5, 0.6) is 0 Å². The Kier molecular flexibility index (Phi) is 4.19. The third kappa shape index (κ3) is 4.00. The van der Waals surface area contributed by atoms with Gasteiger partial charge in [-0.1, -0.05) is 6.92 Å². The Morgan fingerprint density at radius 3 is 2.50 bits per heavy atom. The highest BCUT2D eigenvalue weighted by Crippen LogP contribution is 2.20. The summed E-state index contributed by atoms with van der Waals surface area (Å²) in [6.07, 6.45) is 0.670. The molecule has 0 saturated carbocycles. The maximum absolute atomic E-state index is 11.6. The van der Waals surface area contributed by atoms with Crippen LogP contribution in [0.25, 0.3) is 0 Å². The Balaban J connectivity index is 2.48. The molecular formula is C12H23NO3. The summed E-state index contributed by atoms with van der Waals surface area (Å²) < 4.78 is 10.8. The first kappa shape index (κ1) is 13.3. The number of ether oxygens (including phenoxy) is 2. The quantitative estimate of drug-likeness (QED) is 0.750. The molecule has 1 heterocycles. The van der Waals surface area contributed by atoms with Crippen LogP contribution in [0, 0.1) is 5.92 Å². The lowest BCUT2D eigenvalue weighted by Crippen LogP contribution is -2.51. The van der Waals surface area contributed by atoms with Gasteiger partial charge in [0.1, 0.15) is 5.60 Å². The molecule has 0 bridgehead atoms. The number of hydrogen-bond acceptors (Lipinski definition) is 3. The molecule has 0 aromatic heterocycles. The van der Waals surface area contributed by atoms with Crippen molar-refractivity contribution < 1.29 is 14.3 Å². The van der Waals surface area contributed by atoms with Crippen molar-refractivity contribution in [1.29, 1.82) is 0 Å². The topological polar surface area (TPSA) is 47.6 Å². The molecule has 0 spiro atoms. The van der Waals surface area contributed by atoms with Crippen LogP contribution in [0.4, 0.5) is 4.79 Å². The van der Waals surface area contributed by atoms with Crippen molar-refractivity contribution in [2.75, 3.05) is 6.61 Å². The molecule has 1 amide bonds. The number of carbonyl (C=O) groups is 1. The van der Waals surface area contributed by atoms with Crippen LogP contribution in [-0.4, -0.2) is 30.4 Å². The zero-order valence-electron chi connectivity index (χ0n) is 10.9. The summed E-state index contributed by atoms with van der Waals surface area (Å²) in [4.78, 5) is 11.6. The lowest BCUT2D eigenvalue weighted by Gasteiger charge is -2.35. The highest BCUT2D eigenvalue weighted by molar-refractivity contribution is 5.68. The molecule has 1 rings (SSSR count). The number of amides is 1. The van der Waals surface area contributed by atoms with E-state index < -0.39 is 5.60 Å². The van der Waals surface area contributed by atoms with Crippen molar-refractivity contribution in [1.82, 2.24) is 5.32 Å². The van der Waals surface area contributed by atoms with Crippen LogP contribution < -0.4 is 5.32 Å². The van der Waals surface area contributed by atoms with Crippen LogP contribution in [0.15, 0.2) is 0 Å². The first-order chi connectivity index (χ1) is 7.29. The van der Waals surface area contributed by atoms with Gasteiger partial charge in [-0.25, -0.2) is 4.79 Å². The molecule has 0 aromatic rings. The van der Waals surface area contributed by atoms with Crippen LogP contribution in [0.3, 0.4) is 0 Å². The monoisotopic (exact) mass is 229 g/mol. The van der Waals surface area contributed by atoms with Gasteiger partial charge in [-0.15, -0.1) is 0 Å². The van der Waals surface area contributed by atoms with E-state index in [-0.39, 0.29) is 18.2 Å². The van der Waals surface area contributed by atoms with Gasteiger partial charge in [0.25, 0.3) is 0 Å². The van der Waals surface area contributed by atoms with E-state index >= 15 is 0 Å². The van der Waals surface area contributed by atoms with Gasteiger partial charge in [0.05, 0.1) is 12.1 Å². The first-order valence-corrected chi connectivity index (χ1v) is 5.91. The summed E-state index contributed by atoms with van der Waals surface area (Å²) >= 11 is 0. The Hall–Kier alpha value is -0.770. The van der Waals surface area contributed by atoms with Crippen LogP contribution >= 0.6 is 0 Å². The predicted molar refractivity (Wildman–Crippen MR) is 62.4 cm³/mol. The highest BCUT2D eigenvalue weighted by Gasteiger charge is 2.31. The maximum Gasteiger partial charge on any atom is 0.407 e. The lowest BCUT2D eigenvalue weighted by molar-refractivity contribution is -0.0264. The van der Waals surface area contributed by atoms with Gasteiger partial charge in [-0.2, -0.15) is 0 Å². The van der Waals surface area contributed by atoms with E-state index in [1.54, 1.807) is 0 Å². The largest absolute Gasteiger partial charge is 0.444 e. The van der Waals surface area contributed by atoms with E-state index in [2.05, 4.69) is 12.2 Å². The zero-order chi connectivity index (χ0) is 12.3. The summed E-state index contributed by atoms with van der Waals surface area (Å²) in [7, 11) is 0. The Morgan fingerprint density at radius 2 is 2.00 bits per heavy atom. The van der Waals surface area contributed by atoms with Crippen molar-refractivity contribution >= 4 is 6.09 Å². The molecule has 1 aliphatic heterocycles. The average molecular weight is 229 g/mol. The molecule has 94 valence electrons. The van der Waals surface area contributed by atoms with Crippen LogP contribution in [0.2, 0.25) is 0 Å². The Bertz CT molecular complexity index is 237. The van der Waals surface area contributed by atoms with E-state index in [4.69, 9.17) is 9.47 Å². The molecule has 1 aliphatic rings. The molecule has 1 fully saturated rings. The third-order valence-electron chi connectivity index (χ3n) is 2.76. The summed E-state index contributed by atoms with van der Waals surface area (Å²) in [6.45, 7) is 10.5. The van der Waals surface area contributed by atoms with Crippen molar-refractivity contribution in [3.05, 3.63) is 0 Å². The van der Waals surface area contributed by atoms with Gasteiger partial charge in [0.2, 0.25) is 0 Å². The summed E-state index contributed by atoms with van der Waals surface area (Å²) in [5, 5.41) is 2.89. The number of hydrogen-bond donors (Lipinski definition) is 1. The molecule has 4 heteroatoms. The molecule has 0 radical (unpaired) electrons. The molecule has 3 unspecified atom stereocenters. The van der Waals surface area contributed by atoms with Crippen molar-refractivity contribution in [3.63, 3.8) is 0 Å². The second-order valence-electron chi connectivity index (χ2n) is 5.51. The lowest BCUT2D eigenvalue weighted by atomic mass is 9.92. The fraction of sp³-hybridized carbons (Fsp3) is 0.917. The standard InChI is InChI=1S/C12H23NO3/c1-8-6-7-15-9(2)10(8)13-11(14)16-12(3,4)5/h8-10H,6-7H2,1-5H3,(H,13,14). The van der Waals surface area contributed by atoms with Gasteiger partial charge >= 0.3 is 6.09 Å². The molecule has 0 aliphatic carbocycles. The second kappa shape index (κ2) is 5.04. The first-order valence-electron chi connectivity index (χ1n) is 5.91. The van der Waals surface area contributed by atoms with E-state index in [0.29, 0.717) is 5.92 Å². The van der Waals surface area contributed by atoms with Crippen molar-refractivity contribution in [2.45, 2.75) is 58.8 Å². The van der Waals surface area contributed by atoms with E-state index in [1.165, 1.54) is 0 Å². The number of rotatable bonds is 1. The maximum atomic E-state index is 11.6. The van der Waals surface area contributed by atoms with Gasteiger partial charge < -0.3 is 14.8 Å². The average Bonchev–Trinajstić information content (AvgIpc) is 2.08. The minimum absolute atomic E-state index is 0.0450. The van der Waals surface area contributed by atoms with E-state index in [9.17, 15) is 4.79 Å². The van der Waals surface area contributed by atoms with Crippen molar-refractivity contribution in [2.24, 2.45) is 5.92 Å². The SMILES string of the molecule is CC1CCOC(C)C1NC(=O)OC(C)(C)C. The molecular weight excluding hydrogens is 206 g/mol. The Labute approximate surface area is 97.7 Å². The molecule has 1 saturated heterocycles. The summed E-state index contributed by atoms with van der Waals surface area (Å²) in [6, 6.07) is 0.0450. The Morgan fingerprint density at radius 1 is 1.38 bits per heavy atom. The van der Waals surface area contributed by atoms with Crippen LogP contribution in [0.1, 0.15) is 41.0 Å². The van der Waals surface area contributed by atoms with Crippen molar-refractivity contribution in [3.8, 4) is 0 Å². The summed E-state index contributed by atoms with van der Waals surface area (Å²) in [5.74, 6) is 0.427. The fourth-order valence-electron chi connectivity index (χ4n) is 1.89. The van der Waals surface area contributed by atoms with Gasteiger partial charge in [0.15, 0.2) is 0 Å². The third-order valence-corrected chi connectivity index (χ3v) is 2.76. The minimum atomic E-state index is -0.452. The second-order valence-corrected chi connectivity index (χ2v) is 5.51. The zero-order valence-corrected chi connectivity index (χ0v) is 10.9. The summed E-state index contributed by atoms with van der Waals surface area (Å²) in [5.41, 5.74) is -0.452. The minimum Gasteiger partial charge on any atom is -0.444 e.